The summed E-state index contributed by atoms with van der Waals surface area (Å²) in [6, 6.07) is 5.40. The third-order valence-electron chi connectivity index (χ3n) is 13.7. The smallest absolute Gasteiger partial charge is 0.324 e. The number of hydrazine groups is 1. The molecular formula is C46H57N7O6S. The zero-order valence-corrected chi connectivity index (χ0v) is 36.1. The topological polar surface area (TPSA) is 140 Å². The number of benzene rings is 1. The van der Waals surface area contributed by atoms with Crippen molar-refractivity contribution < 1.29 is 28.6 Å². The Kier molecular flexibility index (Phi) is 10.5. The molecule has 13 nitrogen and oxygen atoms in total. The van der Waals surface area contributed by atoms with Crippen LogP contribution in [0.25, 0.3) is 33.4 Å². The fraction of sp³-hybridized carbons (Fsp3) is 0.587. The number of rotatable bonds is 7. The molecule has 0 radical (unpaired) electrons. The van der Waals surface area contributed by atoms with E-state index in [4.69, 9.17) is 24.2 Å². The SMILES string of the molecule is CO[C@@H](C)c1ncc(N2CCOCC2)cc1-c1c2c3cc(cc4c3n1CCC4)-c1csc(n1)C[C@H](NC(=O)[C@@H]1C[C@H]1C1CC1)C(=O)N1CCC[C@H](N1)C(=O)OCC(C)(C)C2. The lowest BCUT2D eigenvalue weighted by Crippen LogP contribution is -2.60. The first-order valence-corrected chi connectivity index (χ1v) is 23.0. The van der Waals surface area contributed by atoms with E-state index in [1.807, 2.05) is 6.20 Å². The normalized spacial score (nSPS) is 26.1. The molecule has 2 saturated carbocycles. The van der Waals surface area contributed by atoms with Crippen molar-refractivity contribution in [1.29, 1.82) is 0 Å². The van der Waals surface area contributed by atoms with E-state index in [1.54, 1.807) is 7.11 Å². The lowest BCUT2D eigenvalue weighted by Gasteiger charge is -2.35. The number of carbonyl (C=O) groups excluding carboxylic acids is 3. The first-order chi connectivity index (χ1) is 29.0. The number of carbonyl (C=O) groups is 3. The standard InChI is InChI=1S/C46H57N7O6S/c1-26(57-4)40-34(19-30(23-47-40)51-13-15-58-16-14-51)42-35-22-46(2,3)25-59-45(56)36-8-6-12-53(50-36)44(55)37(49-43(54)33-20-31(33)27-9-10-27)21-39-48-38(24-60-39)29-17-28-7-5-11-52(42)41(28)32(35)18-29/h17-19,23-24,26-27,31,33,36-37,50H,5-16,20-22,25H2,1-4H3,(H,49,54)/t26-,31-,33+,36-,37-/m0/s1. The first kappa shape index (κ1) is 39.7. The van der Waals surface area contributed by atoms with Gasteiger partial charge in [0.15, 0.2) is 0 Å². The zero-order chi connectivity index (χ0) is 41.3. The van der Waals surface area contributed by atoms with E-state index in [1.165, 1.54) is 51.2 Å². The second-order valence-electron chi connectivity index (χ2n) is 18.7. The first-order valence-electron chi connectivity index (χ1n) is 22.1. The molecule has 3 aromatic heterocycles. The molecule has 0 unspecified atom stereocenters. The van der Waals surface area contributed by atoms with Crippen LogP contribution in [0.15, 0.2) is 29.8 Å². The van der Waals surface area contributed by atoms with Crippen molar-refractivity contribution in [1.82, 2.24) is 30.3 Å². The lowest BCUT2D eigenvalue weighted by molar-refractivity contribution is -0.155. The molecule has 2 aliphatic carbocycles. The van der Waals surface area contributed by atoms with Crippen molar-refractivity contribution in [3.63, 3.8) is 0 Å². The number of ether oxygens (including phenoxy) is 3. The molecule has 318 valence electrons. The quantitative estimate of drug-likeness (QED) is 0.213. The van der Waals surface area contributed by atoms with Gasteiger partial charge in [-0.25, -0.2) is 10.4 Å². The number of morpholine rings is 1. The molecule has 6 bridgehead atoms. The molecule has 1 aromatic carbocycles. The maximum Gasteiger partial charge on any atom is 0.324 e. The second-order valence-corrected chi connectivity index (χ2v) is 19.7. The van der Waals surface area contributed by atoms with Crippen molar-refractivity contribution in [2.24, 2.45) is 23.2 Å². The van der Waals surface area contributed by atoms with Gasteiger partial charge in [0, 0.05) is 72.9 Å². The van der Waals surface area contributed by atoms with Crippen LogP contribution >= 0.6 is 11.3 Å². The maximum atomic E-state index is 14.3. The molecule has 2 amide bonds. The summed E-state index contributed by atoms with van der Waals surface area (Å²) in [5.41, 5.74) is 12.5. The van der Waals surface area contributed by atoms with Crippen LogP contribution in [0.2, 0.25) is 0 Å². The molecule has 5 atom stereocenters. The van der Waals surface area contributed by atoms with Gasteiger partial charge in [0.25, 0.3) is 5.91 Å². The van der Waals surface area contributed by atoms with Crippen LogP contribution in [-0.4, -0.2) is 96.0 Å². The van der Waals surface area contributed by atoms with Gasteiger partial charge in [-0.15, -0.1) is 11.3 Å². The summed E-state index contributed by atoms with van der Waals surface area (Å²) in [5, 5.41) is 8.72. The van der Waals surface area contributed by atoms with E-state index in [0.29, 0.717) is 50.9 Å². The van der Waals surface area contributed by atoms with Crippen LogP contribution in [0.3, 0.4) is 0 Å². The number of esters is 1. The van der Waals surface area contributed by atoms with Gasteiger partial charge in [-0.2, -0.15) is 0 Å². The average molecular weight is 836 g/mol. The van der Waals surface area contributed by atoms with Crippen molar-refractivity contribution in [2.45, 2.75) is 103 Å². The number of aryl methyl sites for hydroxylation is 2. The minimum absolute atomic E-state index is 0.0351. The number of nitrogens with zero attached hydrogens (tertiary/aromatic N) is 5. The molecular weight excluding hydrogens is 779 g/mol. The van der Waals surface area contributed by atoms with Crippen LogP contribution in [-0.2, 0) is 54.4 Å². The van der Waals surface area contributed by atoms with Crippen LogP contribution < -0.4 is 15.6 Å². The summed E-state index contributed by atoms with van der Waals surface area (Å²) in [6.45, 7) is 10.8. The fourth-order valence-corrected chi connectivity index (χ4v) is 11.0. The van der Waals surface area contributed by atoms with E-state index in [2.05, 4.69) is 64.6 Å². The van der Waals surface area contributed by atoms with Crippen molar-refractivity contribution in [3.8, 4) is 22.5 Å². The number of fused-ring (bicyclic) bond motifs is 6. The van der Waals surface area contributed by atoms with Gasteiger partial charge in [-0.3, -0.25) is 24.4 Å². The lowest BCUT2D eigenvalue weighted by atomic mass is 9.84. The Morgan fingerprint density at radius 2 is 1.92 bits per heavy atom. The summed E-state index contributed by atoms with van der Waals surface area (Å²) >= 11 is 1.53. The monoisotopic (exact) mass is 835 g/mol. The maximum absolute atomic E-state index is 14.3. The van der Waals surface area contributed by atoms with E-state index in [9.17, 15) is 14.4 Å². The molecule has 2 N–H and O–H groups in total. The number of aromatic nitrogens is 3. The number of amides is 2. The minimum Gasteiger partial charge on any atom is -0.464 e. The summed E-state index contributed by atoms with van der Waals surface area (Å²) in [5.74, 6) is 0.367. The number of anilines is 1. The van der Waals surface area contributed by atoms with Gasteiger partial charge < -0.3 is 29.0 Å². The largest absolute Gasteiger partial charge is 0.464 e. The van der Waals surface area contributed by atoms with Gasteiger partial charge in [-0.05, 0) is 99.5 Å². The highest BCUT2D eigenvalue weighted by atomic mass is 32.1. The highest BCUT2D eigenvalue weighted by Crippen LogP contribution is 2.54. The average Bonchev–Trinajstić information content (AvgIpc) is 4.19. The number of hydrogen-bond donors (Lipinski definition) is 2. The predicted octanol–water partition coefficient (Wildman–Crippen LogP) is 6.01. The van der Waals surface area contributed by atoms with Gasteiger partial charge >= 0.3 is 5.97 Å². The number of nitrogens with one attached hydrogen (secondary N) is 2. The van der Waals surface area contributed by atoms with E-state index in [-0.39, 0.29) is 42.8 Å². The number of hydrogen-bond acceptors (Lipinski definition) is 11. The Balaban J connectivity index is 1.10. The minimum atomic E-state index is -0.811. The highest BCUT2D eigenvalue weighted by Gasteiger charge is 2.51. The van der Waals surface area contributed by atoms with Crippen molar-refractivity contribution in [2.75, 3.05) is 51.5 Å². The Bertz CT molecular complexity index is 2330. The number of thiazole rings is 1. The second kappa shape index (κ2) is 15.8. The fourth-order valence-electron chi connectivity index (χ4n) is 10.2. The molecule has 10 rings (SSSR count). The van der Waals surface area contributed by atoms with Crippen LogP contribution in [0, 0.1) is 23.2 Å². The zero-order valence-electron chi connectivity index (χ0n) is 35.3. The molecule has 6 aliphatic rings. The molecule has 14 heteroatoms. The molecule has 60 heavy (non-hydrogen) atoms. The van der Waals surface area contributed by atoms with E-state index >= 15 is 0 Å². The number of methoxy groups -OCH3 is 1. The Morgan fingerprint density at radius 3 is 2.72 bits per heavy atom. The predicted molar refractivity (Wildman–Crippen MR) is 229 cm³/mol. The third kappa shape index (κ3) is 7.62. The number of cyclic esters (lactones) is 1. The van der Waals surface area contributed by atoms with Crippen molar-refractivity contribution >= 4 is 45.7 Å². The van der Waals surface area contributed by atoms with Gasteiger partial charge in [-0.1, -0.05) is 13.8 Å². The van der Waals surface area contributed by atoms with E-state index in [0.717, 1.165) is 77.8 Å². The molecule has 4 aromatic rings. The van der Waals surface area contributed by atoms with Crippen LogP contribution in [0.4, 0.5) is 5.69 Å². The highest BCUT2D eigenvalue weighted by molar-refractivity contribution is 7.10. The van der Waals surface area contributed by atoms with Crippen LogP contribution in [0.5, 0.6) is 0 Å². The Hall–Kier alpha value is -4.37. The summed E-state index contributed by atoms with van der Waals surface area (Å²) in [6.07, 6.45) is 9.03. The van der Waals surface area contributed by atoms with Crippen molar-refractivity contribution in [3.05, 3.63) is 51.6 Å². The van der Waals surface area contributed by atoms with Gasteiger partial charge in [0.05, 0.1) is 65.4 Å². The molecule has 0 spiro atoms. The molecule has 2 saturated heterocycles. The van der Waals surface area contributed by atoms with Gasteiger partial charge in [0.2, 0.25) is 5.91 Å². The molecule has 7 heterocycles. The molecule has 4 aliphatic heterocycles. The Labute approximate surface area is 355 Å². The summed E-state index contributed by atoms with van der Waals surface area (Å²) in [4.78, 5) is 54.5. The third-order valence-corrected chi connectivity index (χ3v) is 14.6. The molecule has 4 fully saturated rings. The summed E-state index contributed by atoms with van der Waals surface area (Å²) in [7, 11) is 1.73. The van der Waals surface area contributed by atoms with Gasteiger partial charge in [0.1, 0.15) is 12.1 Å². The Morgan fingerprint density at radius 1 is 1.08 bits per heavy atom. The summed E-state index contributed by atoms with van der Waals surface area (Å²) < 4.78 is 20.4. The van der Waals surface area contributed by atoms with E-state index < -0.39 is 17.5 Å². The number of pyridine rings is 1. The van der Waals surface area contributed by atoms with Crippen LogP contribution in [0.1, 0.15) is 87.2 Å².